The summed E-state index contributed by atoms with van der Waals surface area (Å²) < 4.78 is 32.7. The zero-order chi connectivity index (χ0) is 16.0. The van der Waals surface area contributed by atoms with Crippen molar-refractivity contribution < 1.29 is 18.3 Å². The second-order valence-electron chi connectivity index (χ2n) is 5.04. The van der Waals surface area contributed by atoms with Gasteiger partial charge in [0.2, 0.25) is 10.0 Å². The van der Waals surface area contributed by atoms with Gasteiger partial charge in [0.15, 0.2) is 0 Å². The van der Waals surface area contributed by atoms with Gasteiger partial charge in [0.1, 0.15) is 0 Å². The Labute approximate surface area is 131 Å². The molecule has 0 aliphatic carbocycles. The SMILES string of the molecule is CCOCC(NS(=O)(=O)c1ccc(Cl)c(CO)c1)C(C)C. The van der Waals surface area contributed by atoms with E-state index in [1.165, 1.54) is 18.2 Å². The fourth-order valence-electron chi connectivity index (χ4n) is 1.71. The summed E-state index contributed by atoms with van der Waals surface area (Å²) >= 11 is 5.88. The number of halogens is 1. The van der Waals surface area contributed by atoms with Gasteiger partial charge in [-0.05, 0) is 36.6 Å². The van der Waals surface area contributed by atoms with Crippen LogP contribution in [0.15, 0.2) is 23.1 Å². The Morgan fingerprint density at radius 1 is 1.38 bits per heavy atom. The summed E-state index contributed by atoms with van der Waals surface area (Å²) in [4.78, 5) is 0.0816. The average molecular weight is 336 g/mol. The second kappa shape index (κ2) is 8.10. The smallest absolute Gasteiger partial charge is 0.240 e. The minimum atomic E-state index is -3.68. The fourth-order valence-corrected chi connectivity index (χ4v) is 3.31. The normalized spacial score (nSPS) is 13.6. The van der Waals surface area contributed by atoms with Crippen molar-refractivity contribution in [2.24, 2.45) is 5.92 Å². The van der Waals surface area contributed by atoms with Crippen molar-refractivity contribution >= 4 is 21.6 Å². The summed E-state index contributed by atoms with van der Waals surface area (Å²) in [6.07, 6.45) is 0. The molecule has 0 aliphatic heterocycles. The molecule has 7 heteroatoms. The highest BCUT2D eigenvalue weighted by Gasteiger charge is 2.23. The number of hydrogen-bond donors (Lipinski definition) is 2. The molecule has 1 atom stereocenters. The Bertz CT molecular complexity index is 560. The van der Waals surface area contributed by atoms with E-state index in [1.54, 1.807) is 0 Å². The van der Waals surface area contributed by atoms with Crippen molar-refractivity contribution in [3.05, 3.63) is 28.8 Å². The van der Waals surface area contributed by atoms with Crippen molar-refractivity contribution in [1.82, 2.24) is 4.72 Å². The number of hydrogen-bond acceptors (Lipinski definition) is 4. The lowest BCUT2D eigenvalue weighted by atomic mass is 10.1. The second-order valence-corrected chi connectivity index (χ2v) is 7.16. The van der Waals surface area contributed by atoms with Gasteiger partial charge in [-0.1, -0.05) is 25.4 Å². The van der Waals surface area contributed by atoms with Crippen molar-refractivity contribution in [1.29, 1.82) is 0 Å². The van der Waals surface area contributed by atoms with Gasteiger partial charge in [0, 0.05) is 17.7 Å². The summed E-state index contributed by atoms with van der Waals surface area (Å²) in [5, 5.41) is 9.51. The molecule has 2 N–H and O–H groups in total. The molecule has 0 spiro atoms. The Hall–Kier alpha value is -0.660. The standard InChI is InChI=1S/C14H22ClNO4S/c1-4-20-9-14(10(2)3)16-21(18,19)12-5-6-13(15)11(7-12)8-17/h5-7,10,14,16-17H,4,8-9H2,1-3H3. The van der Waals surface area contributed by atoms with E-state index in [1.807, 2.05) is 20.8 Å². The van der Waals surface area contributed by atoms with Crippen molar-refractivity contribution in [3.63, 3.8) is 0 Å². The Morgan fingerprint density at radius 3 is 2.57 bits per heavy atom. The maximum atomic E-state index is 12.4. The van der Waals surface area contributed by atoms with Gasteiger partial charge in [-0.2, -0.15) is 0 Å². The minimum absolute atomic E-state index is 0.0816. The molecule has 1 unspecified atom stereocenters. The molecule has 0 saturated heterocycles. The molecule has 120 valence electrons. The van der Waals surface area contributed by atoms with Crippen LogP contribution in [0.4, 0.5) is 0 Å². The molecule has 0 bridgehead atoms. The molecule has 1 rings (SSSR count). The third-order valence-electron chi connectivity index (χ3n) is 3.11. The zero-order valence-corrected chi connectivity index (χ0v) is 14.0. The summed E-state index contributed by atoms with van der Waals surface area (Å²) in [5.74, 6) is 0.0935. The molecule has 1 aromatic carbocycles. The van der Waals surface area contributed by atoms with E-state index in [0.717, 1.165) is 0 Å². The Kier molecular flexibility index (Phi) is 7.09. The average Bonchev–Trinajstić information content (AvgIpc) is 2.43. The summed E-state index contributed by atoms with van der Waals surface area (Å²) in [7, 11) is -3.68. The van der Waals surface area contributed by atoms with Crippen LogP contribution < -0.4 is 4.72 Å². The van der Waals surface area contributed by atoms with Gasteiger partial charge in [-0.3, -0.25) is 0 Å². The molecular formula is C14H22ClNO4S. The van der Waals surface area contributed by atoms with E-state index in [0.29, 0.717) is 23.8 Å². The van der Waals surface area contributed by atoms with Crippen LogP contribution in [0.1, 0.15) is 26.3 Å². The highest BCUT2D eigenvalue weighted by Crippen LogP contribution is 2.21. The Morgan fingerprint density at radius 2 is 2.05 bits per heavy atom. The maximum absolute atomic E-state index is 12.4. The largest absolute Gasteiger partial charge is 0.392 e. The van der Waals surface area contributed by atoms with Crippen molar-refractivity contribution in [2.75, 3.05) is 13.2 Å². The third-order valence-corrected chi connectivity index (χ3v) is 4.97. The molecule has 0 saturated carbocycles. The highest BCUT2D eigenvalue weighted by atomic mass is 35.5. The number of aliphatic hydroxyl groups is 1. The lowest BCUT2D eigenvalue weighted by Gasteiger charge is -2.22. The number of nitrogens with one attached hydrogen (secondary N) is 1. The van der Waals surface area contributed by atoms with Gasteiger partial charge in [-0.25, -0.2) is 13.1 Å². The van der Waals surface area contributed by atoms with Crippen LogP contribution in [0.2, 0.25) is 5.02 Å². The van der Waals surface area contributed by atoms with E-state index in [9.17, 15) is 13.5 Å². The summed E-state index contributed by atoms with van der Waals surface area (Å²) in [5.41, 5.74) is 0.380. The molecule has 0 heterocycles. The molecule has 21 heavy (non-hydrogen) atoms. The first kappa shape index (κ1) is 18.4. The Balaban J connectivity index is 2.98. The minimum Gasteiger partial charge on any atom is -0.392 e. The molecule has 0 radical (unpaired) electrons. The molecule has 1 aromatic rings. The van der Waals surface area contributed by atoms with Gasteiger partial charge >= 0.3 is 0 Å². The molecule has 0 aliphatic rings. The van der Waals surface area contributed by atoms with Crippen LogP contribution in [0.25, 0.3) is 0 Å². The monoisotopic (exact) mass is 335 g/mol. The predicted molar refractivity (Wildman–Crippen MR) is 82.8 cm³/mol. The van der Waals surface area contributed by atoms with Crippen molar-refractivity contribution in [3.8, 4) is 0 Å². The highest BCUT2D eigenvalue weighted by molar-refractivity contribution is 7.89. The summed E-state index contributed by atoms with van der Waals surface area (Å²) in [6.45, 7) is 6.24. The number of rotatable bonds is 8. The fraction of sp³-hybridized carbons (Fsp3) is 0.571. The molecule has 0 amide bonds. The first-order chi connectivity index (χ1) is 9.81. The van der Waals surface area contributed by atoms with Crippen LogP contribution in [0, 0.1) is 5.92 Å². The molecular weight excluding hydrogens is 314 g/mol. The lowest BCUT2D eigenvalue weighted by molar-refractivity contribution is 0.116. The maximum Gasteiger partial charge on any atom is 0.240 e. The first-order valence-corrected chi connectivity index (χ1v) is 8.67. The molecule has 0 fully saturated rings. The van der Waals surface area contributed by atoms with Crippen LogP contribution in [0.3, 0.4) is 0 Å². The number of aliphatic hydroxyl groups excluding tert-OH is 1. The van der Waals surface area contributed by atoms with Gasteiger partial charge in [0.25, 0.3) is 0 Å². The molecule has 5 nitrogen and oxygen atoms in total. The predicted octanol–water partition coefficient (Wildman–Crippen LogP) is 2.17. The van der Waals surface area contributed by atoms with Gasteiger partial charge < -0.3 is 9.84 Å². The van der Waals surface area contributed by atoms with Crippen LogP contribution in [-0.4, -0.2) is 32.8 Å². The van der Waals surface area contributed by atoms with Crippen LogP contribution in [-0.2, 0) is 21.4 Å². The van der Waals surface area contributed by atoms with E-state index in [4.69, 9.17) is 16.3 Å². The molecule has 0 aromatic heterocycles. The topological polar surface area (TPSA) is 75.6 Å². The van der Waals surface area contributed by atoms with Gasteiger partial charge in [-0.15, -0.1) is 0 Å². The van der Waals surface area contributed by atoms with Crippen LogP contribution >= 0.6 is 11.6 Å². The number of benzene rings is 1. The van der Waals surface area contributed by atoms with Crippen molar-refractivity contribution in [2.45, 2.75) is 38.3 Å². The lowest BCUT2D eigenvalue weighted by Crippen LogP contribution is -2.41. The van der Waals surface area contributed by atoms with E-state index >= 15 is 0 Å². The number of ether oxygens (including phenoxy) is 1. The van der Waals surface area contributed by atoms with E-state index < -0.39 is 10.0 Å². The summed E-state index contributed by atoms with van der Waals surface area (Å²) in [6, 6.07) is 3.95. The number of sulfonamides is 1. The van der Waals surface area contributed by atoms with Crippen LogP contribution in [0.5, 0.6) is 0 Å². The first-order valence-electron chi connectivity index (χ1n) is 6.81. The van der Waals surface area contributed by atoms with E-state index in [-0.39, 0.29) is 23.5 Å². The third kappa shape index (κ3) is 5.23. The van der Waals surface area contributed by atoms with Gasteiger partial charge in [0.05, 0.1) is 18.1 Å². The quantitative estimate of drug-likeness (QED) is 0.763. The van der Waals surface area contributed by atoms with E-state index in [2.05, 4.69) is 4.72 Å². The zero-order valence-electron chi connectivity index (χ0n) is 12.5.